The van der Waals surface area contributed by atoms with E-state index in [0.717, 1.165) is 0 Å². The SMILES string of the molecule is CC1(C)C(C(N)=O)C1c1ccccc1.O=C([O-])O.[K+]. The molecule has 1 aromatic carbocycles. The molecule has 1 aromatic rings. The summed E-state index contributed by atoms with van der Waals surface area (Å²) in [5.74, 6) is 0.134. The van der Waals surface area contributed by atoms with Crippen LogP contribution in [0.4, 0.5) is 4.79 Å². The summed E-state index contributed by atoms with van der Waals surface area (Å²) in [6.07, 6.45) is -2.08. The van der Waals surface area contributed by atoms with E-state index in [4.69, 9.17) is 20.7 Å². The van der Waals surface area contributed by atoms with Gasteiger partial charge in [-0.15, -0.1) is 0 Å². The molecular weight excluding hydrogens is 273 g/mol. The van der Waals surface area contributed by atoms with Crippen LogP contribution in [0.2, 0.25) is 0 Å². The summed E-state index contributed by atoms with van der Waals surface area (Å²) in [4.78, 5) is 19.6. The number of primary amides is 1. The molecule has 1 aliphatic rings. The van der Waals surface area contributed by atoms with Crippen LogP contribution in [0.1, 0.15) is 25.3 Å². The summed E-state index contributed by atoms with van der Waals surface area (Å²) in [5, 5.41) is 15.3. The van der Waals surface area contributed by atoms with E-state index < -0.39 is 6.16 Å². The average Bonchev–Trinajstić information content (AvgIpc) is 2.82. The molecule has 6 heteroatoms. The van der Waals surface area contributed by atoms with Crippen LogP contribution in [0, 0.1) is 11.3 Å². The Labute approximate surface area is 154 Å². The van der Waals surface area contributed by atoms with Crippen molar-refractivity contribution in [1.82, 2.24) is 0 Å². The molecule has 0 saturated heterocycles. The Morgan fingerprint density at radius 1 is 1.26 bits per heavy atom. The van der Waals surface area contributed by atoms with E-state index in [0.29, 0.717) is 5.92 Å². The molecule has 5 nitrogen and oxygen atoms in total. The molecule has 1 fully saturated rings. The van der Waals surface area contributed by atoms with Gasteiger partial charge in [-0.05, 0) is 11.0 Å². The Kier molecular flexibility index (Phi) is 7.24. The molecule has 0 aromatic heterocycles. The third-order valence-electron chi connectivity index (χ3n) is 3.29. The van der Waals surface area contributed by atoms with Gasteiger partial charge in [0.2, 0.25) is 12.1 Å². The maximum atomic E-state index is 11.2. The molecule has 0 bridgehead atoms. The first-order valence-corrected chi connectivity index (χ1v) is 5.52. The van der Waals surface area contributed by atoms with Gasteiger partial charge < -0.3 is 20.7 Å². The molecule has 0 spiro atoms. The second-order valence-electron chi connectivity index (χ2n) is 4.86. The predicted octanol–water partition coefficient (Wildman–Crippen LogP) is -2.20. The quantitative estimate of drug-likeness (QED) is 0.603. The summed E-state index contributed by atoms with van der Waals surface area (Å²) in [5.41, 5.74) is 6.62. The minimum Gasteiger partial charge on any atom is -0.565 e. The smallest absolute Gasteiger partial charge is 0.565 e. The van der Waals surface area contributed by atoms with Gasteiger partial charge in [-0.3, -0.25) is 4.79 Å². The van der Waals surface area contributed by atoms with Crippen LogP contribution in [-0.4, -0.2) is 17.2 Å². The van der Waals surface area contributed by atoms with Crippen molar-refractivity contribution >= 4 is 12.1 Å². The molecule has 2 rings (SSSR count). The van der Waals surface area contributed by atoms with Gasteiger partial charge in [-0.2, -0.15) is 0 Å². The molecule has 1 aliphatic carbocycles. The van der Waals surface area contributed by atoms with E-state index in [1.54, 1.807) is 0 Å². The predicted molar refractivity (Wildman–Crippen MR) is 63.7 cm³/mol. The van der Waals surface area contributed by atoms with Crippen molar-refractivity contribution in [3.63, 3.8) is 0 Å². The van der Waals surface area contributed by atoms with Crippen LogP contribution in [0.3, 0.4) is 0 Å². The van der Waals surface area contributed by atoms with Crippen LogP contribution in [0.5, 0.6) is 0 Å². The molecule has 19 heavy (non-hydrogen) atoms. The number of nitrogens with two attached hydrogens (primary N) is 1. The number of carboxylic acid groups (broad SMARTS) is 2. The molecule has 0 aliphatic heterocycles. The van der Waals surface area contributed by atoms with Gasteiger partial charge in [0.05, 0.1) is 5.92 Å². The van der Waals surface area contributed by atoms with Gasteiger partial charge in [0, 0.05) is 5.92 Å². The molecular formula is C13H16KNO4. The van der Waals surface area contributed by atoms with Gasteiger partial charge in [0.1, 0.15) is 0 Å². The van der Waals surface area contributed by atoms with Crippen LogP contribution in [0.15, 0.2) is 30.3 Å². The number of rotatable bonds is 2. The molecule has 0 heterocycles. The van der Waals surface area contributed by atoms with Gasteiger partial charge in [0.25, 0.3) is 0 Å². The average molecular weight is 289 g/mol. The fourth-order valence-electron chi connectivity index (χ4n) is 2.45. The number of benzene rings is 1. The standard InChI is InChI=1S/C12H15NO.CH2O3.K/c1-12(2)9(10(12)11(13)14)8-6-4-3-5-7-8;2-1(3)4;/h3-7,9-10H,1-2H3,(H2,13,14);(H2,2,3,4);/q;;+1/p-1. The minimum absolute atomic E-state index is 0. The van der Waals surface area contributed by atoms with Crippen molar-refractivity contribution in [2.75, 3.05) is 0 Å². The number of carbonyl (C=O) groups excluding carboxylic acids is 1. The topological polar surface area (TPSA) is 103 Å². The first kappa shape index (κ1) is 18.6. The largest absolute Gasteiger partial charge is 1.00 e. The third-order valence-corrected chi connectivity index (χ3v) is 3.29. The Hall–Kier alpha value is -0.404. The van der Waals surface area contributed by atoms with Crippen molar-refractivity contribution < 1.29 is 71.2 Å². The summed E-state index contributed by atoms with van der Waals surface area (Å²) < 4.78 is 0. The first-order valence-electron chi connectivity index (χ1n) is 5.52. The minimum atomic E-state index is -2.08. The van der Waals surface area contributed by atoms with E-state index in [2.05, 4.69) is 26.0 Å². The van der Waals surface area contributed by atoms with Crippen LogP contribution < -0.4 is 62.2 Å². The monoisotopic (exact) mass is 289 g/mol. The summed E-state index contributed by atoms with van der Waals surface area (Å²) in [6.45, 7) is 4.19. The maximum absolute atomic E-state index is 11.2. The van der Waals surface area contributed by atoms with Crippen LogP contribution in [0.25, 0.3) is 0 Å². The fourth-order valence-corrected chi connectivity index (χ4v) is 2.45. The maximum Gasteiger partial charge on any atom is 1.00 e. The second kappa shape index (κ2) is 7.40. The van der Waals surface area contributed by atoms with Crippen molar-refractivity contribution in [3.8, 4) is 0 Å². The van der Waals surface area contributed by atoms with E-state index >= 15 is 0 Å². The van der Waals surface area contributed by atoms with Gasteiger partial charge >= 0.3 is 51.4 Å². The normalized spacial score (nSPS) is 22.2. The zero-order valence-corrected chi connectivity index (χ0v) is 14.4. The molecule has 0 radical (unpaired) electrons. The first-order chi connectivity index (χ1) is 8.28. The zero-order chi connectivity index (χ0) is 13.9. The van der Waals surface area contributed by atoms with Gasteiger partial charge in [-0.1, -0.05) is 44.2 Å². The van der Waals surface area contributed by atoms with Crippen LogP contribution in [-0.2, 0) is 4.79 Å². The molecule has 1 saturated carbocycles. The molecule has 1 amide bonds. The van der Waals surface area contributed by atoms with E-state index in [9.17, 15) is 4.79 Å². The zero-order valence-electron chi connectivity index (χ0n) is 11.3. The fraction of sp³-hybridized carbons (Fsp3) is 0.385. The van der Waals surface area contributed by atoms with E-state index in [1.165, 1.54) is 5.56 Å². The third kappa shape index (κ3) is 4.89. The molecule has 3 N–H and O–H groups in total. The van der Waals surface area contributed by atoms with Crippen molar-refractivity contribution in [2.24, 2.45) is 17.1 Å². The van der Waals surface area contributed by atoms with Gasteiger partial charge in [-0.25, -0.2) is 0 Å². The van der Waals surface area contributed by atoms with Crippen LogP contribution >= 0.6 is 0 Å². The second-order valence-corrected chi connectivity index (χ2v) is 4.86. The Morgan fingerprint density at radius 3 is 2.00 bits per heavy atom. The van der Waals surface area contributed by atoms with E-state index in [-0.39, 0.29) is 68.6 Å². The Balaban J connectivity index is 0.000000576. The summed E-state index contributed by atoms with van der Waals surface area (Å²) in [6, 6.07) is 10.1. The number of carbonyl (C=O) groups is 2. The van der Waals surface area contributed by atoms with Crippen molar-refractivity contribution in [3.05, 3.63) is 35.9 Å². The molecule has 2 unspecified atom stereocenters. The molecule has 2 atom stereocenters. The summed E-state index contributed by atoms with van der Waals surface area (Å²) in [7, 11) is 0. The summed E-state index contributed by atoms with van der Waals surface area (Å²) >= 11 is 0. The number of hydrogen-bond donors (Lipinski definition) is 2. The van der Waals surface area contributed by atoms with E-state index in [1.807, 2.05) is 18.2 Å². The number of hydrogen-bond acceptors (Lipinski definition) is 3. The Bertz CT molecular complexity index is 443. The van der Waals surface area contributed by atoms with Gasteiger partial charge in [0.15, 0.2) is 0 Å². The van der Waals surface area contributed by atoms with Crippen molar-refractivity contribution in [1.29, 1.82) is 0 Å². The number of amides is 1. The van der Waals surface area contributed by atoms with Crippen molar-refractivity contribution in [2.45, 2.75) is 19.8 Å². The molecule has 98 valence electrons. The Morgan fingerprint density at radius 2 is 1.68 bits per heavy atom.